The third-order valence-corrected chi connectivity index (χ3v) is 9.26. The molecule has 1 N–H and O–H groups in total. The third-order valence-electron chi connectivity index (χ3n) is 9.26. The highest BCUT2D eigenvalue weighted by atomic mass is 16.1. The Hall–Kier alpha value is -0.200. The van der Waals surface area contributed by atoms with Crippen LogP contribution in [0.2, 0.25) is 0 Å². The molecule has 0 aliphatic heterocycles. The predicted octanol–water partition coefficient (Wildman–Crippen LogP) is 8.58. The summed E-state index contributed by atoms with van der Waals surface area (Å²) in [6.45, 7) is 42.6. The van der Waals surface area contributed by atoms with Gasteiger partial charge >= 0.3 is 0 Å². The van der Waals surface area contributed by atoms with Crippen LogP contribution in [0.15, 0.2) is 0 Å². The van der Waals surface area contributed by atoms with Crippen LogP contribution in [0.25, 0.3) is 0 Å². The molecule has 35 heavy (non-hydrogen) atoms. The van der Waals surface area contributed by atoms with Gasteiger partial charge in [-0.3, -0.25) is 0 Å². The molecule has 0 saturated heterocycles. The van der Waals surface area contributed by atoms with Crippen molar-refractivity contribution in [1.29, 1.82) is 0 Å². The first-order chi connectivity index (χ1) is 15.6. The first kappa shape index (κ1) is 34.8. The van der Waals surface area contributed by atoms with E-state index in [1.165, 1.54) is 0 Å². The maximum Gasteiger partial charge on any atom is 0.0331 e. The Morgan fingerprint density at radius 1 is 0.371 bits per heavy atom. The van der Waals surface area contributed by atoms with Crippen LogP contribution < -0.4 is 5.53 Å². The van der Waals surface area contributed by atoms with Gasteiger partial charge in [0.1, 0.15) is 0 Å². The fourth-order valence-electron chi connectivity index (χ4n) is 4.94. The zero-order chi connectivity index (χ0) is 28.3. The number of hydrogen-bond donors (Lipinski definition) is 1. The van der Waals surface area contributed by atoms with Crippen molar-refractivity contribution in [3.05, 3.63) is 0 Å². The normalized spacial score (nSPS) is 15.3. The predicted molar refractivity (Wildman–Crippen MR) is 157 cm³/mol. The molecule has 0 fully saturated rings. The Balaban J connectivity index is 7.56. The number of hydrogen-bond acceptors (Lipinski definition) is 5. The van der Waals surface area contributed by atoms with Gasteiger partial charge in [0.2, 0.25) is 0 Å². The van der Waals surface area contributed by atoms with Crippen LogP contribution >= 0.6 is 0 Å². The molecule has 0 aliphatic rings. The van der Waals surface area contributed by atoms with Gasteiger partial charge in [-0.25, -0.2) is 15.0 Å². The first-order valence-corrected chi connectivity index (χ1v) is 14.6. The van der Waals surface area contributed by atoms with E-state index < -0.39 is 0 Å². The minimum atomic E-state index is -0.0587. The van der Waals surface area contributed by atoms with Gasteiger partial charge in [0.05, 0.1) is 0 Å². The van der Waals surface area contributed by atoms with Crippen LogP contribution in [0.5, 0.6) is 0 Å². The van der Waals surface area contributed by atoms with E-state index in [1.54, 1.807) is 0 Å². The van der Waals surface area contributed by atoms with Gasteiger partial charge in [0.25, 0.3) is 0 Å². The van der Waals surface area contributed by atoms with Crippen LogP contribution in [0.3, 0.4) is 0 Å². The Morgan fingerprint density at radius 3 is 0.743 bits per heavy atom. The second kappa shape index (κ2) is 12.1. The van der Waals surface area contributed by atoms with Crippen molar-refractivity contribution in [2.75, 3.05) is 0 Å². The highest BCUT2D eigenvalue weighted by Crippen LogP contribution is 2.40. The Kier molecular flexibility index (Phi) is 12.0. The van der Waals surface area contributed by atoms with Crippen molar-refractivity contribution in [2.45, 2.75) is 196 Å². The third kappa shape index (κ3) is 7.89. The van der Waals surface area contributed by atoms with Crippen LogP contribution in [-0.2, 0) is 0 Å². The minimum absolute atomic E-state index is 0.0332. The molecule has 0 bridgehead atoms. The van der Waals surface area contributed by atoms with Crippen molar-refractivity contribution < 1.29 is 0 Å². The molecular weight excluding hydrogens is 430 g/mol. The Morgan fingerprint density at radius 2 is 0.571 bits per heavy atom. The molecule has 0 heterocycles. The number of nitrogens with one attached hydrogen (secondary N) is 1. The van der Waals surface area contributed by atoms with Crippen LogP contribution in [0, 0.1) is 0 Å². The molecule has 0 aliphatic carbocycles. The Labute approximate surface area is 222 Å². The smallest absolute Gasteiger partial charge is 0.0331 e. The lowest BCUT2D eigenvalue weighted by atomic mass is 9.90. The maximum absolute atomic E-state index is 4.12. The topological polar surface area (TPSA) is 25.0 Å². The molecule has 0 rings (SSSR count). The summed E-state index contributed by atoms with van der Waals surface area (Å²) in [4.78, 5) is 0. The van der Waals surface area contributed by atoms with Crippen molar-refractivity contribution in [1.82, 2.24) is 25.8 Å². The van der Waals surface area contributed by atoms with E-state index in [-0.39, 0.29) is 33.2 Å². The van der Waals surface area contributed by atoms with Crippen LogP contribution in [-0.4, -0.2) is 53.5 Å². The summed E-state index contributed by atoms with van der Waals surface area (Å²) in [6.07, 6.45) is 6.32. The standard InChI is InChI=1S/C30H67N5/c1-19-25(7,8)32(26(9,10)20-2)31-35(33(27(11,12)21-3)28(13,14)22-4)34(29(15,16)23-5)30(17,18)24-6/h31H,19-24H2,1-18H3. The van der Waals surface area contributed by atoms with Gasteiger partial charge in [-0.15, -0.1) is 0 Å². The molecule has 5 heteroatoms. The highest BCUT2D eigenvalue weighted by Gasteiger charge is 2.51. The molecule has 0 aromatic rings. The first-order valence-electron chi connectivity index (χ1n) is 14.6. The summed E-state index contributed by atoms with van der Waals surface area (Å²) in [5.41, 5.74) is 3.82. The average Bonchev–Trinajstić information content (AvgIpc) is 2.76. The van der Waals surface area contributed by atoms with Gasteiger partial charge in [-0.2, -0.15) is 5.53 Å². The number of rotatable bonds is 16. The van der Waals surface area contributed by atoms with E-state index in [9.17, 15) is 0 Å². The van der Waals surface area contributed by atoms with Crippen LogP contribution in [0.1, 0.15) is 163 Å². The molecule has 0 amide bonds. The molecule has 0 radical (unpaired) electrons. The molecule has 0 aromatic heterocycles. The average molecular weight is 498 g/mol. The lowest BCUT2D eigenvalue weighted by molar-refractivity contribution is -0.374. The molecule has 5 nitrogen and oxygen atoms in total. The summed E-state index contributed by atoms with van der Waals surface area (Å²) in [5, 5.41) is 10.3. The van der Waals surface area contributed by atoms with Gasteiger partial charge in [-0.1, -0.05) is 46.8 Å². The monoisotopic (exact) mass is 498 g/mol. The van der Waals surface area contributed by atoms with Crippen molar-refractivity contribution in [3.63, 3.8) is 0 Å². The lowest BCUT2D eigenvalue weighted by Gasteiger charge is -2.64. The van der Waals surface area contributed by atoms with E-state index >= 15 is 0 Å². The fraction of sp³-hybridized carbons (Fsp3) is 1.00. The lowest BCUT2D eigenvalue weighted by Crippen LogP contribution is -2.80. The van der Waals surface area contributed by atoms with Gasteiger partial charge in [0, 0.05) is 33.2 Å². The Bertz CT molecular complexity index is 549. The second-order valence-corrected chi connectivity index (χ2v) is 14.3. The molecule has 0 atom stereocenters. The van der Waals surface area contributed by atoms with Crippen molar-refractivity contribution in [2.24, 2.45) is 0 Å². The summed E-state index contributed by atoms with van der Waals surface area (Å²) in [7, 11) is 0. The van der Waals surface area contributed by atoms with E-state index in [0.29, 0.717) is 0 Å². The minimum Gasteiger partial charge on any atom is -0.217 e. The SMILES string of the molecule is CCC(C)(C)N(NN(N(C(C)(C)CC)C(C)(C)CC)N(C(C)(C)CC)C(C)(C)CC)C(C)(C)CC. The summed E-state index contributed by atoms with van der Waals surface area (Å²) < 4.78 is 0. The maximum atomic E-state index is 4.12. The summed E-state index contributed by atoms with van der Waals surface area (Å²) >= 11 is 0. The van der Waals surface area contributed by atoms with E-state index in [1.807, 2.05) is 0 Å². The molecular formula is C30H67N5. The van der Waals surface area contributed by atoms with Crippen LogP contribution in [0.4, 0.5) is 0 Å². The van der Waals surface area contributed by atoms with E-state index in [4.69, 9.17) is 0 Å². The van der Waals surface area contributed by atoms with E-state index in [2.05, 4.69) is 150 Å². The molecule has 0 aromatic carbocycles. The largest absolute Gasteiger partial charge is 0.217 e. The van der Waals surface area contributed by atoms with E-state index in [0.717, 1.165) is 38.5 Å². The van der Waals surface area contributed by atoms with Crippen molar-refractivity contribution in [3.8, 4) is 0 Å². The number of nitrogens with zero attached hydrogens (tertiary/aromatic N) is 4. The molecule has 0 spiro atoms. The highest BCUT2D eigenvalue weighted by molar-refractivity contribution is 4.95. The zero-order valence-electron chi connectivity index (χ0n) is 27.5. The zero-order valence-corrected chi connectivity index (χ0v) is 27.5. The molecule has 0 saturated carbocycles. The van der Waals surface area contributed by atoms with Gasteiger partial charge in [0.15, 0.2) is 0 Å². The van der Waals surface area contributed by atoms with Gasteiger partial charge < -0.3 is 0 Å². The quantitative estimate of drug-likeness (QED) is 0.215. The summed E-state index contributed by atoms with van der Waals surface area (Å²) in [5.74, 6) is 0. The number of hydrazine groups is 4. The van der Waals surface area contributed by atoms with Crippen molar-refractivity contribution >= 4 is 0 Å². The summed E-state index contributed by atoms with van der Waals surface area (Å²) in [6, 6.07) is 0. The molecule has 0 unspecified atom stereocenters. The van der Waals surface area contributed by atoms with Gasteiger partial charge in [-0.05, 0) is 122 Å². The second-order valence-electron chi connectivity index (χ2n) is 14.3. The fourth-order valence-corrected chi connectivity index (χ4v) is 4.94. The molecule has 212 valence electrons.